The minimum absolute atomic E-state index is 0.123. The molecule has 2 rings (SSSR count). The zero-order chi connectivity index (χ0) is 11.4. The fourth-order valence-electron chi connectivity index (χ4n) is 1.26. The largest absolute Gasteiger partial charge is 0.247 e. The molecule has 0 N–H and O–H groups in total. The van der Waals surface area contributed by atoms with E-state index in [0.717, 1.165) is 10.9 Å². The van der Waals surface area contributed by atoms with Crippen LogP contribution in [0.1, 0.15) is 19.4 Å². The highest BCUT2D eigenvalue weighted by atomic mass is 35.5. The van der Waals surface area contributed by atoms with E-state index in [1.807, 2.05) is 26.8 Å². The van der Waals surface area contributed by atoms with Crippen LogP contribution in [-0.4, -0.2) is 8.96 Å². The summed E-state index contributed by atoms with van der Waals surface area (Å²) in [6, 6.07) is 3.54. The highest BCUT2D eigenvalue weighted by Gasteiger charge is 2.07. The van der Waals surface area contributed by atoms with Crippen LogP contribution in [0.25, 0.3) is 11.0 Å². The lowest BCUT2D eigenvalue weighted by molar-refractivity contribution is 0.919. The maximum absolute atomic E-state index is 12.4. The van der Waals surface area contributed by atoms with E-state index in [4.69, 9.17) is 11.6 Å². The van der Waals surface area contributed by atoms with Crippen molar-refractivity contribution >= 4 is 35.0 Å². The lowest BCUT2D eigenvalue weighted by atomic mass is 10.2. The van der Waals surface area contributed by atoms with E-state index < -0.39 is 0 Å². The normalized spacial score (nSPS) is 9.93. The van der Waals surface area contributed by atoms with E-state index in [1.165, 1.54) is 3.97 Å². The van der Waals surface area contributed by atoms with Crippen LogP contribution >= 0.6 is 23.9 Å². The average Bonchev–Trinajstić information content (AvgIpc) is 2.58. The van der Waals surface area contributed by atoms with Crippen molar-refractivity contribution in [3.8, 4) is 0 Å². The highest BCUT2D eigenvalue weighted by Crippen LogP contribution is 2.24. The Morgan fingerprint density at radius 1 is 1.40 bits per heavy atom. The number of nitrogens with zero attached hydrogens (tertiary/aromatic N) is 2. The summed E-state index contributed by atoms with van der Waals surface area (Å²) in [5.41, 5.74) is 1.56. The maximum Gasteiger partial charge on any atom is 0.171 e. The first-order valence-electron chi connectivity index (χ1n) is 4.65. The van der Waals surface area contributed by atoms with Gasteiger partial charge in [0, 0.05) is 11.6 Å². The van der Waals surface area contributed by atoms with Gasteiger partial charge in [-0.3, -0.25) is 0 Å². The Kier molecular flexibility index (Phi) is 4.42. The maximum atomic E-state index is 12.4. The zero-order valence-corrected chi connectivity index (χ0v) is 10.4. The number of hydrogen-bond donors (Lipinski definition) is 0. The van der Waals surface area contributed by atoms with Crippen LogP contribution in [0.15, 0.2) is 18.3 Å². The molecule has 82 valence electrons. The van der Waals surface area contributed by atoms with Crippen LogP contribution in [0.4, 0.5) is 3.89 Å². The summed E-state index contributed by atoms with van der Waals surface area (Å²) in [5, 5.41) is 1.30. The second-order valence-electron chi connectivity index (χ2n) is 2.71. The summed E-state index contributed by atoms with van der Waals surface area (Å²) in [6.07, 6.45) is 1.69. The first-order valence-corrected chi connectivity index (χ1v) is 5.71. The number of halogens is 2. The minimum Gasteiger partial charge on any atom is -0.247 e. The van der Waals surface area contributed by atoms with Crippen molar-refractivity contribution in [1.82, 2.24) is 8.96 Å². The van der Waals surface area contributed by atoms with Crippen LogP contribution in [0.5, 0.6) is 0 Å². The molecule has 0 saturated heterocycles. The molecule has 0 spiro atoms. The molecule has 5 heteroatoms. The molecule has 0 aliphatic carbocycles. The number of aryl methyl sites for hydroxylation is 1. The number of fused-ring (bicyclic) bond motifs is 1. The van der Waals surface area contributed by atoms with Crippen molar-refractivity contribution in [2.24, 2.45) is 0 Å². The van der Waals surface area contributed by atoms with Crippen molar-refractivity contribution in [2.75, 3.05) is 0 Å². The summed E-state index contributed by atoms with van der Waals surface area (Å²) < 4.78 is 13.8. The third-order valence-corrected chi connectivity index (χ3v) is 2.50. The monoisotopic (exact) mass is 246 g/mol. The molecule has 0 amide bonds. The summed E-state index contributed by atoms with van der Waals surface area (Å²) in [5.74, 6) is 0. The molecule has 0 atom stereocenters. The fourth-order valence-corrected chi connectivity index (χ4v) is 1.81. The summed E-state index contributed by atoms with van der Waals surface area (Å²) in [7, 11) is 0. The molecule has 0 unspecified atom stereocenters. The first-order chi connectivity index (χ1) is 7.22. The van der Waals surface area contributed by atoms with Crippen LogP contribution in [-0.2, 0) is 0 Å². The number of aromatic nitrogens is 2. The smallest absolute Gasteiger partial charge is 0.171 e. The van der Waals surface area contributed by atoms with Crippen molar-refractivity contribution in [3.05, 3.63) is 29.0 Å². The molecule has 2 nitrogen and oxygen atoms in total. The lowest BCUT2D eigenvalue weighted by Crippen LogP contribution is -1.83. The molecule has 2 heterocycles. The molecule has 0 aliphatic rings. The Balaban J connectivity index is 0.000000531. The number of pyridine rings is 1. The quantitative estimate of drug-likeness (QED) is 0.694. The van der Waals surface area contributed by atoms with Gasteiger partial charge in [0.2, 0.25) is 0 Å². The second-order valence-corrected chi connectivity index (χ2v) is 3.63. The van der Waals surface area contributed by atoms with E-state index in [2.05, 4.69) is 4.98 Å². The van der Waals surface area contributed by atoms with E-state index >= 15 is 0 Å². The molecule has 0 saturated carbocycles. The first kappa shape index (κ1) is 12.3. The highest BCUT2D eigenvalue weighted by molar-refractivity contribution is 7.92. The van der Waals surface area contributed by atoms with Gasteiger partial charge in [0.1, 0.15) is 5.15 Å². The van der Waals surface area contributed by atoms with Crippen molar-refractivity contribution in [3.63, 3.8) is 0 Å². The number of hydrogen-bond acceptors (Lipinski definition) is 2. The third kappa shape index (κ3) is 2.44. The second kappa shape index (κ2) is 5.37. The van der Waals surface area contributed by atoms with Gasteiger partial charge in [-0.25, -0.2) is 8.96 Å². The van der Waals surface area contributed by atoms with Gasteiger partial charge in [0.25, 0.3) is 0 Å². The van der Waals surface area contributed by atoms with E-state index in [-0.39, 0.29) is 12.3 Å². The standard InChI is InChI=1S/C8H6ClFN2S.C2H6/c1-5-4-12(13-10)8-6(5)2-3-7(9)11-8;1-2/h2-4H,1H3;1-2H3. The van der Waals surface area contributed by atoms with Gasteiger partial charge in [-0.05, 0) is 24.6 Å². The van der Waals surface area contributed by atoms with Crippen LogP contribution < -0.4 is 0 Å². The van der Waals surface area contributed by atoms with Crippen molar-refractivity contribution < 1.29 is 3.89 Å². The summed E-state index contributed by atoms with van der Waals surface area (Å²) >= 11 is 5.82. The van der Waals surface area contributed by atoms with E-state index in [9.17, 15) is 3.89 Å². The van der Waals surface area contributed by atoms with Gasteiger partial charge in [0.05, 0.1) is 0 Å². The van der Waals surface area contributed by atoms with Crippen LogP contribution in [0, 0.1) is 6.92 Å². The van der Waals surface area contributed by atoms with Gasteiger partial charge in [0.15, 0.2) is 18.0 Å². The Bertz CT molecular complexity index is 456. The van der Waals surface area contributed by atoms with Crippen molar-refractivity contribution in [1.29, 1.82) is 0 Å². The molecule has 0 fully saturated rings. The molecule has 2 aromatic rings. The fraction of sp³-hybridized carbons (Fsp3) is 0.300. The molecule has 0 radical (unpaired) electrons. The van der Waals surface area contributed by atoms with Crippen molar-refractivity contribution in [2.45, 2.75) is 20.8 Å². The molecule has 0 bridgehead atoms. The molecule has 15 heavy (non-hydrogen) atoms. The molecule has 0 aliphatic heterocycles. The van der Waals surface area contributed by atoms with Gasteiger partial charge in [-0.2, -0.15) is 0 Å². The van der Waals surface area contributed by atoms with Gasteiger partial charge >= 0.3 is 0 Å². The topological polar surface area (TPSA) is 17.8 Å². The van der Waals surface area contributed by atoms with Gasteiger partial charge in [-0.1, -0.05) is 25.4 Å². The molecular formula is C10H12ClFN2S. The van der Waals surface area contributed by atoms with E-state index in [0.29, 0.717) is 10.8 Å². The average molecular weight is 247 g/mol. The SMILES string of the molecule is CC.Cc1cn(SF)c2nc(Cl)ccc12. The van der Waals surface area contributed by atoms with Crippen LogP contribution in [0.2, 0.25) is 5.15 Å². The molecule has 0 aromatic carbocycles. The molecular weight excluding hydrogens is 235 g/mol. The Morgan fingerprint density at radius 2 is 2.07 bits per heavy atom. The molecule has 2 aromatic heterocycles. The lowest BCUT2D eigenvalue weighted by Gasteiger charge is -1.94. The van der Waals surface area contributed by atoms with Gasteiger partial charge < -0.3 is 0 Å². The van der Waals surface area contributed by atoms with Crippen LogP contribution in [0.3, 0.4) is 0 Å². The zero-order valence-electron chi connectivity index (χ0n) is 8.79. The summed E-state index contributed by atoms with van der Waals surface area (Å²) in [6.45, 7) is 5.91. The Morgan fingerprint density at radius 3 is 2.67 bits per heavy atom. The minimum atomic E-state index is 0.123. The number of rotatable bonds is 1. The van der Waals surface area contributed by atoms with Gasteiger partial charge in [-0.15, -0.1) is 3.89 Å². The predicted molar refractivity (Wildman–Crippen MR) is 64.9 cm³/mol. The predicted octanol–water partition coefficient (Wildman–Crippen LogP) is 4.41. The Labute approximate surface area is 97.9 Å². The third-order valence-electron chi connectivity index (χ3n) is 1.86. The Hall–Kier alpha value is -0.740. The van der Waals surface area contributed by atoms with E-state index in [1.54, 1.807) is 12.3 Å². The summed E-state index contributed by atoms with van der Waals surface area (Å²) in [4.78, 5) is 4.03.